The van der Waals surface area contributed by atoms with E-state index in [4.69, 9.17) is 10.5 Å². The Bertz CT molecular complexity index is 291. The zero-order valence-electron chi connectivity index (χ0n) is 11.9. The van der Waals surface area contributed by atoms with Crippen LogP contribution in [0.2, 0.25) is 0 Å². The first kappa shape index (κ1) is 14.5. The average molecular weight is 241 g/mol. The van der Waals surface area contributed by atoms with Gasteiger partial charge in [0, 0.05) is 6.54 Å². The number of rotatable bonds is 2. The minimum atomic E-state index is -0.463. The second-order valence-electron chi connectivity index (χ2n) is 7.18. The average Bonchev–Trinajstić information content (AvgIpc) is 2.13. The summed E-state index contributed by atoms with van der Waals surface area (Å²) in [4.78, 5) is 12.4. The van der Waals surface area contributed by atoms with E-state index in [1.54, 1.807) is 0 Å². The van der Waals surface area contributed by atoms with Crippen LogP contribution in [0.5, 0.6) is 0 Å². The van der Waals surface area contributed by atoms with Gasteiger partial charge in [-0.05, 0) is 45.4 Å². The zero-order chi connectivity index (χ0) is 13.3. The smallest absolute Gasteiger partial charge is 0.313 e. The second kappa shape index (κ2) is 4.60. The number of hydrogen-bond acceptors (Lipinski definition) is 3. The third-order valence-corrected chi connectivity index (χ3v) is 3.55. The maximum absolute atomic E-state index is 12.4. The Morgan fingerprint density at radius 3 is 2.29 bits per heavy atom. The van der Waals surface area contributed by atoms with Gasteiger partial charge in [0.05, 0.1) is 5.41 Å². The van der Waals surface area contributed by atoms with Crippen molar-refractivity contribution >= 4 is 5.97 Å². The van der Waals surface area contributed by atoms with Crippen molar-refractivity contribution in [3.63, 3.8) is 0 Å². The second-order valence-corrected chi connectivity index (χ2v) is 7.18. The minimum Gasteiger partial charge on any atom is -0.460 e. The standard InChI is InChI=1S/C14H27NO2/c1-12(2,3)17-11(16)14(10-15)8-6-7-13(4,5)9-14/h6-10,15H2,1-5H3. The molecule has 0 heterocycles. The first-order chi connectivity index (χ1) is 7.60. The molecular formula is C14H27NO2. The Hall–Kier alpha value is -0.570. The fourth-order valence-corrected chi connectivity index (χ4v) is 2.82. The molecule has 1 atom stereocenters. The van der Waals surface area contributed by atoms with Crippen LogP contribution in [0.3, 0.4) is 0 Å². The van der Waals surface area contributed by atoms with E-state index in [-0.39, 0.29) is 11.4 Å². The number of nitrogens with two attached hydrogens (primary N) is 1. The van der Waals surface area contributed by atoms with Crippen molar-refractivity contribution < 1.29 is 9.53 Å². The van der Waals surface area contributed by atoms with Crippen molar-refractivity contribution in [2.24, 2.45) is 16.6 Å². The Labute approximate surface area is 105 Å². The number of esters is 1. The molecule has 0 bridgehead atoms. The highest BCUT2D eigenvalue weighted by Gasteiger charge is 2.46. The van der Waals surface area contributed by atoms with Gasteiger partial charge in [0.25, 0.3) is 0 Å². The molecule has 1 saturated carbocycles. The lowest BCUT2D eigenvalue weighted by molar-refractivity contribution is -0.171. The van der Waals surface area contributed by atoms with Gasteiger partial charge in [0.15, 0.2) is 0 Å². The van der Waals surface area contributed by atoms with Crippen molar-refractivity contribution in [1.82, 2.24) is 0 Å². The minimum absolute atomic E-state index is 0.111. The maximum Gasteiger partial charge on any atom is 0.313 e. The fraction of sp³-hybridized carbons (Fsp3) is 0.929. The van der Waals surface area contributed by atoms with Gasteiger partial charge in [0.2, 0.25) is 0 Å². The third-order valence-electron chi connectivity index (χ3n) is 3.55. The Kier molecular flexibility index (Phi) is 3.92. The fourth-order valence-electron chi connectivity index (χ4n) is 2.82. The molecule has 1 unspecified atom stereocenters. The van der Waals surface area contributed by atoms with Crippen LogP contribution in [-0.2, 0) is 9.53 Å². The lowest BCUT2D eigenvalue weighted by Crippen LogP contribution is -2.47. The van der Waals surface area contributed by atoms with E-state index in [0.29, 0.717) is 6.54 Å². The Balaban J connectivity index is 2.85. The van der Waals surface area contributed by atoms with E-state index in [2.05, 4.69) is 13.8 Å². The molecule has 0 amide bonds. The first-order valence-corrected chi connectivity index (χ1v) is 6.54. The summed E-state index contributed by atoms with van der Waals surface area (Å²) in [6.45, 7) is 10.5. The van der Waals surface area contributed by atoms with E-state index < -0.39 is 11.0 Å². The third kappa shape index (κ3) is 3.70. The van der Waals surface area contributed by atoms with Crippen molar-refractivity contribution in [3.8, 4) is 0 Å². The SMILES string of the molecule is CC1(C)CCCC(CN)(C(=O)OC(C)(C)C)C1. The molecule has 3 heteroatoms. The lowest BCUT2D eigenvalue weighted by Gasteiger charge is -2.43. The van der Waals surface area contributed by atoms with Gasteiger partial charge in [-0.25, -0.2) is 0 Å². The van der Waals surface area contributed by atoms with Gasteiger partial charge in [-0.3, -0.25) is 4.79 Å². The number of carbonyl (C=O) groups excluding carboxylic acids is 1. The summed E-state index contributed by atoms with van der Waals surface area (Å²) >= 11 is 0. The summed E-state index contributed by atoms with van der Waals surface area (Å²) in [6, 6.07) is 0. The summed E-state index contributed by atoms with van der Waals surface area (Å²) in [5, 5.41) is 0. The van der Waals surface area contributed by atoms with Crippen LogP contribution in [0, 0.1) is 10.8 Å². The highest BCUT2D eigenvalue weighted by molar-refractivity contribution is 5.77. The predicted octanol–water partition coefficient (Wildman–Crippen LogP) is 2.87. The number of hydrogen-bond donors (Lipinski definition) is 1. The van der Waals surface area contributed by atoms with Gasteiger partial charge in [-0.1, -0.05) is 20.3 Å². The lowest BCUT2D eigenvalue weighted by atomic mass is 9.63. The van der Waals surface area contributed by atoms with Crippen LogP contribution in [0.1, 0.15) is 60.3 Å². The van der Waals surface area contributed by atoms with Gasteiger partial charge in [-0.2, -0.15) is 0 Å². The topological polar surface area (TPSA) is 52.3 Å². The molecule has 0 spiro atoms. The highest BCUT2D eigenvalue weighted by Crippen LogP contribution is 2.46. The molecule has 0 saturated heterocycles. The Morgan fingerprint density at radius 1 is 1.29 bits per heavy atom. The van der Waals surface area contributed by atoms with Gasteiger partial charge < -0.3 is 10.5 Å². The van der Waals surface area contributed by atoms with Gasteiger partial charge in [0.1, 0.15) is 5.60 Å². The molecule has 0 aromatic heterocycles. The van der Waals surface area contributed by atoms with E-state index in [1.807, 2.05) is 20.8 Å². The molecular weight excluding hydrogens is 214 g/mol. The van der Waals surface area contributed by atoms with E-state index in [9.17, 15) is 4.79 Å². The summed E-state index contributed by atoms with van der Waals surface area (Å²) in [5.41, 5.74) is 5.17. The maximum atomic E-state index is 12.4. The Morgan fingerprint density at radius 2 is 1.88 bits per heavy atom. The van der Waals surface area contributed by atoms with E-state index in [1.165, 1.54) is 0 Å². The molecule has 3 nitrogen and oxygen atoms in total. The predicted molar refractivity (Wildman–Crippen MR) is 69.6 cm³/mol. The molecule has 1 rings (SSSR count). The highest BCUT2D eigenvalue weighted by atomic mass is 16.6. The van der Waals surface area contributed by atoms with E-state index >= 15 is 0 Å². The van der Waals surface area contributed by atoms with Crippen molar-refractivity contribution in [3.05, 3.63) is 0 Å². The van der Waals surface area contributed by atoms with Crippen LogP contribution in [-0.4, -0.2) is 18.1 Å². The van der Waals surface area contributed by atoms with Crippen LogP contribution in [0.4, 0.5) is 0 Å². The largest absolute Gasteiger partial charge is 0.460 e. The van der Waals surface area contributed by atoms with Crippen LogP contribution >= 0.6 is 0 Å². The number of ether oxygens (including phenoxy) is 1. The van der Waals surface area contributed by atoms with Gasteiger partial charge >= 0.3 is 5.97 Å². The molecule has 1 fully saturated rings. The molecule has 0 aromatic rings. The van der Waals surface area contributed by atoms with Crippen LogP contribution < -0.4 is 5.73 Å². The normalized spacial score (nSPS) is 28.8. The van der Waals surface area contributed by atoms with Crippen LogP contribution in [0.15, 0.2) is 0 Å². The summed E-state index contributed by atoms with van der Waals surface area (Å²) in [6.07, 6.45) is 3.92. The molecule has 0 radical (unpaired) electrons. The molecule has 1 aliphatic carbocycles. The van der Waals surface area contributed by atoms with Crippen molar-refractivity contribution in [1.29, 1.82) is 0 Å². The molecule has 2 N–H and O–H groups in total. The monoisotopic (exact) mass is 241 g/mol. The molecule has 100 valence electrons. The summed E-state index contributed by atoms with van der Waals surface area (Å²) in [7, 11) is 0. The molecule has 17 heavy (non-hydrogen) atoms. The zero-order valence-corrected chi connectivity index (χ0v) is 11.9. The van der Waals surface area contributed by atoms with Gasteiger partial charge in [-0.15, -0.1) is 0 Å². The van der Waals surface area contributed by atoms with Crippen LogP contribution in [0.25, 0.3) is 0 Å². The molecule has 0 aliphatic heterocycles. The summed E-state index contributed by atoms with van der Waals surface area (Å²) < 4.78 is 5.55. The van der Waals surface area contributed by atoms with Crippen molar-refractivity contribution in [2.75, 3.05) is 6.54 Å². The van der Waals surface area contributed by atoms with Crippen molar-refractivity contribution in [2.45, 2.75) is 65.9 Å². The number of carbonyl (C=O) groups is 1. The molecule has 1 aliphatic rings. The van der Waals surface area contributed by atoms with E-state index in [0.717, 1.165) is 25.7 Å². The first-order valence-electron chi connectivity index (χ1n) is 6.54. The quantitative estimate of drug-likeness (QED) is 0.756. The summed E-state index contributed by atoms with van der Waals surface area (Å²) in [5.74, 6) is -0.111. The molecule has 0 aromatic carbocycles.